The number of piperidine rings is 1. The molecule has 1 saturated heterocycles. The highest BCUT2D eigenvalue weighted by Gasteiger charge is 2.24. The first kappa shape index (κ1) is 13.6. The van der Waals surface area contributed by atoms with Crippen molar-refractivity contribution >= 4 is 5.91 Å². The summed E-state index contributed by atoms with van der Waals surface area (Å²) in [4.78, 5) is 12.2. The summed E-state index contributed by atoms with van der Waals surface area (Å²) in [5.41, 5.74) is 2.50. The molecule has 1 aromatic rings. The molecule has 2 aliphatic heterocycles. The molecule has 0 radical (unpaired) electrons. The van der Waals surface area contributed by atoms with Crippen LogP contribution in [0.3, 0.4) is 0 Å². The lowest BCUT2D eigenvalue weighted by Gasteiger charge is -2.28. The number of nitrogens with one attached hydrogen (secondary N) is 2. The van der Waals surface area contributed by atoms with Crippen LogP contribution in [0, 0.1) is 0 Å². The van der Waals surface area contributed by atoms with Crippen LogP contribution in [-0.2, 0) is 16.0 Å². The quantitative estimate of drug-likeness (QED) is 0.879. The van der Waals surface area contributed by atoms with Gasteiger partial charge in [0.1, 0.15) is 0 Å². The molecule has 2 aliphatic rings. The van der Waals surface area contributed by atoms with E-state index in [-0.39, 0.29) is 12.0 Å². The van der Waals surface area contributed by atoms with Crippen LogP contribution in [0.4, 0.5) is 0 Å². The fourth-order valence-corrected chi connectivity index (χ4v) is 3.07. The van der Waals surface area contributed by atoms with Gasteiger partial charge in [-0.1, -0.05) is 24.3 Å². The van der Waals surface area contributed by atoms with Crippen LogP contribution < -0.4 is 10.6 Å². The molecule has 1 aromatic carbocycles. The van der Waals surface area contributed by atoms with Crippen LogP contribution in [0.15, 0.2) is 24.3 Å². The molecule has 0 aliphatic carbocycles. The molecule has 4 heteroatoms. The predicted octanol–water partition coefficient (Wildman–Crippen LogP) is 1.56. The molecule has 20 heavy (non-hydrogen) atoms. The molecule has 108 valence electrons. The highest BCUT2D eigenvalue weighted by Crippen LogP contribution is 2.29. The third-order valence-electron chi connectivity index (χ3n) is 4.17. The summed E-state index contributed by atoms with van der Waals surface area (Å²) in [7, 11) is 0. The van der Waals surface area contributed by atoms with Gasteiger partial charge in [0, 0.05) is 6.04 Å². The number of carbonyl (C=O) groups is 1. The normalized spacial score (nSPS) is 23.1. The number of ether oxygens (including phenoxy) is 1. The second kappa shape index (κ2) is 6.37. The molecule has 0 spiro atoms. The van der Waals surface area contributed by atoms with Gasteiger partial charge in [0.25, 0.3) is 0 Å². The van der Waals surface area contributed by atoms with Crippen molar-refractivity contribution in [2.75, 3.05) is 19.7 Å². The Kier molecular flexibility index (Phi) is 4.33. The summed E-state index contributed by atoms with van der Waals surface area (Å²) in [5.74, 6) is 0.110. The smallest absolute Gasteiger partial charge is 0.223 e. The highest BCUT2D eigenvalue weighted by molar-refractivity contribution is 5.77. The van der Waals surface area contributed by atoms with E-state index in [9.17, 15) is 4.79 Å². The number of rotatable bonds is 3. The lowest BCUT2D eigenvalue weighted by molar-refractivity contribution is -0.125. The average Bonchev–Trinajstić information content (AvgIpc) is 2.48. The minimum Gasteiger partial charge on any atom is -0.373 e. The molecule has 0 bridgehead atoms. The third-order valence-corrected chi connectivity index (χ3v) is 4.17. The van der Waals surface area contributed by atoms with Crippen molar-refractivity contribution in [3.05, 3.63) is 35.4 Å². The van der Waals surface area contributed by atoms with Crippen molar-refractivity contribution in [1.29, 1.82) is 0 Å². The maximum atomic E-state index is 12.2. The maximum Gasteiger partial charge on any atom is 0.223 e. The molecule has 1 unspecified atom stereocenters. The number of benzene rings is 1. The van der Waals surface area contributed by atoms with E-state index in [1.807, 2.05) is 6.07 Å². The number of hydrogen-bond donors (Lipinski definition) is 2. The van der Waals surface area contributed by atoms with Crippen molar-refractivity contribution in [3.8, 4) is 0 Å². The Labute approximate surface area is 119 Å². The van der Waals surface area contributed by atoms with Gasteiger partial charge < -0.3 is 15.4 Å². The van der Waals surface area contributed by atoms with Crippen LogP contribution >= 0.6 is 0 Å². The molecule has 0 aromatic heterocycles. The van der Waals surface area contributed by atoms with Crippen molar-refractivity contribution in [3.63, 3.8) is 0 Å². The van der Waals surface area contributed by atoms with E-state index in [4.69, 9.17) is 4.74 Å². The summed E-state index contributed by atoms with van der Waals surface area (Å²) < 4.78 is 5.79. The monoisotopic (exact) mass is 274 g/mol. The summed E-state index contributed by atoms with van der Waals surface area (Å²) in [6.45, 7) is 2.70. The molecule has 4 nitrogen and oxygen atoms in total. The topological polar surface area (TPSA) is 50.4 Å². The van der Waals surface area contributed by atoms with Gasteiger partial charge in [-0.25, -0.2) is 0 Å². The van der Waals surface area contributed by atoms with Crippen LogP contribution in [-0.4, -0.2) is 31.6 Å². The van der Waals surface area contributed by atoms with Gasteiger partial charge in [0.15, 0.2) is 0 Å². The zero-order valence-electron chi connectivity index (χ0n) is 11.7. The summed E-state index contributed by atoms with van der Waals surface area (Å²) in [6, 6.07) is 8.61. The Morgan fingerprint density at radius 3 is 2.95 bits per heavy atom. The molecule has 1 atom stereocenters. The summed E-state index contributed by atoms with van der Waals surface area (Å²) in [6.07, 6.45) is 3.34. The average molecular weight is 274 g/mol. The van der Waals surface area contributed by atoms with Crippen molar-refractivity contribution in [2.24, 2.45) is 0 Å². The molecule has 0 saturated carbocycles. The van der Waals surface area contributed by atoms with E-state index in [1.165, 1.54) is 11.1 Å². The summed E-state index contributed by atoms with van der Waals surface area (Å²) >= 11 is 0. The number of fused-ring (bicyclic) bond motifs is 1. The second-order valence-corrected chi connectivity index (χ2v) is 5.60. The Morgan fingerprint density at radius 2 is 2.10 bits per heavy atom. The van der Waals surface area contributed by atoms with Crippen LogP contribution in [0.2, 0.25) is 0 Å². The minimum absolute atomic E-state index is 0.0818. The number of amides is 1. The van der Waals surface area contributed by atoms with Gasteiger partial charge in [-0.15, -0.1) is 0 Å². The van der Waals surface area contributed by atoms with Gasteiger partial charge in [-0.2, -0.15) is 0 Å². The lowest BCUT2D eigenvalue weighted by atomic mass is 9.95. The maximum absolute atomic E-state index is 12.2. The first-order valence-electron chi connectivity index (χ1n) is 7.52. The fourth-order valence-electron chi connectivity index (χ4n) is 3.07. The molecular formula is C16H22N2O2. The van der Waals surface area contributed by atoms with E-state index in [0.717, 1.165) is 32.4 Å². The van der Waals surface area contributed by atoms with Gasteiger partial charge in [0.2, 0.25) is 5.91 Å². The van der Waals surface area contributed by atoms with E-state index in [0.29, 0.717) is 19.1 Å². The Hall–Kier alpha value is -1.39. The molecule has 3 rings (SSSR count). The van der Waals surface area contributed by atoms with E-state index >= 15 is 0 Å². The van der Waals surface area contributed by atoms with E-state index < -0.39 is 0 Å². The Balaban J connectivity index is 1.59. The first-order chi connectivity index (χ1) is 9.83. The molecule has 1 amide bonds. The second-order valence-electron chi connectivity index (χ2n) is 5.60. The third kappa shape index (κ3) is 3.19. The molecule has 2 heterocycles. The van der Waals surface area contributed by atoms with Gasteiger partial charge >= 0.3 is 0 Å². The minimum atomic E-state index is -0.0818. The van der Waals surface area contributed by atoms with Crippen LogP contribution in [0.5, 0.6) is 0 Å². The van der Waals surface area contributed by atoms with E-state index in [2.05, 4.69) is 28.8 Å². The zero-order chi connectivity index (χ0) is 13.8. The van der Waals surface area contributed by atoms with Crippen LogP contribution in [0.1, 0.15) is 36.5 Å². The Bertz CT molecular complexity index is 469. The van der Waals surface area contributed by atoms with Crippen molar-refractivity contribution < 1.29 is 9.53 Å². The Morgan fingerprint density at radius 1 is 1.30 bits per heavy atom. The van der Waals surface area contributed by atoms with Gasteiger partial charge in [0.05, 0.1) is 19.1 Å². The zero-order valence-corrected chi connectivity index (χ0v) is 11.7. The number of hydrogen-bond acceptors (Lipinski definition) is 3. The van der Waals surface area contributed by atoms with Crippen molar-refractivity contribution in [1.82, 2.24) is 10.6 Å². The highest BCUT2D eigenvalue weighted by atomic mass is 16.5. The van der Waals surface area contributed by atoms with Crippen LogP contribution in [0.25, 0.3) is 0 Å². The molecule has 2 N–H and O–H groups in total. The molecular weight excluding hydrogens is 252 g/mol. The number of carbonyl (C=O) groups excluding carboxylic acids is 1. The van der Waals surface area contributed by atoms with Crippen molar-refractivity contribution in [2.45, 2.75) is 37.8 Å². The van der Waals surface area contributed by atoms with Gasteiger partial charge in [-0.3, -0.25) is 4.79 Å². The SMILES string of the molecule is O=C(CC1OCCc2ccccc21)NC1CCNCC1. The fraction of sp³-hybridized carbons (Fsp3) is 0.562. The summed E-state index contributed by atoms with van der Waals surface area (Å²) in [5, 5.41) is 6.44. The first-order valence-corrected chi connectivity index (χ1v) is 7.52. The predicted molar refractivity (Wildman–Crippen MR) is 77.5 cm³/mol. The lowest BCUT2D eigenvalue weighted by Crippen LogP contribution is -2.43. The van der Waals surface area contributed by atoms with Gasteiger partial charge in [-0.05, 0) is 43.5 Å². The standard InChI is InChI=1S/C16H22N2O2/c19-16(18-13-5-8-17-9-6-13)11-15-14-4-2-1-3-12(14)7-10-20-15/h1-4,13,15,17H,5-11H2,(H,18,19). The molecule has 1 fully saturated rings. The largest absolute Gasteiger partial charge is 0.373 e. The van der Waals surface area contributed by atoms with E-state index in [1.54, 1.807) is 0 Å².